The molecule has 1 aromatic carbocycles. The summed E-state index contributed by atoms with van der Waals surface area (Å²) in [6.07, 6.45) is -4.67. The third-order valence-corrected chi connectivity index (χ3v) is 4.87. The minimum absolute atomic E-state index is 0.0870. The molecule has 5 atom stereocenters. The Labute approximate surface area is 150 Å². The van der Waals surface area contributed by atoms with Crippen molar-refractivity contribution in [2.24, 2.45) is 0 Å². The third kappa shape index (κ3) is 2.84. The molecule has 9 heteroatoms. The predicted molar refractivity (Wildman–Crippen MR) is 92.1 cm³/mol. The summed E-state index contributed by atoms with van der Waals surface area (Å²) in [6.45, 7) is 3.54. The van der Waals surface area contributed by atoms with Crippen LogP contribution in [0.2, 0.25) is 5.02 Å². The van der Waals surface area contributed by atoms with Gasteiger partial charge in [-0.05, 0) is 26.0 Å². The summed E-state index contributed by atoms with van der Waals surface area (Å²) in [6, 6.07) is 5.40. The monoisotopic (exact) mass is 377 g/mol. The van der Waals surface area contributed by atoms with Crippen LogP contribution in [0.1, 0.15) is 13.8 Å². The SMILES string of the molecule is CC(C)NC1N(Cl)c2c(Cl)cccc2N1[C@H]1O[C@@H](CO)[C@H](O)[C@@H]1O. The summed E-state index contributed by atoms with van der Waals surface area (Å²) in [5, 5.41) is 33.6. The Hall–Kier alpha value is -0.800. The number of nitrogens with zero attached hydrogens (tertiary/aromatic N) is 2. The van der Waals surface area contributed by atoms with Crippen molar-refractivity contribution in [2.45, 2.75) is 50.7 Å². The summed E-state index contributed by atoms with van der Waals surface area (Å²) >= 11 is 12.8. The lowest BCUT2D eigenvalue weighted by atomic mass is 10.1. The second-order valence-corrected chi connectivity index (χ2v) is 7.02. The highest BCUT2D eigenvalue weighted by atomic mass is 35.5. The highest BCUT2D eigenvalue weighted by Crippen LogP contribution is 2.47. The maximum atomic E-state index is 10.4. The lowest BCUT2D eigenvalue weighted by Crippen LogP contribution is -2.58. The molecule has 0 saturated carbocycles. The molecule has 0 bridgehead atoms. The summed E-state index contributed by atoms with van der Waals surface area (Å²) in [7, 11) is 0. The largest absolute Gasteiger partial charge is 0.394 e. The van der Waals surface area contributed by atoms with E-state index in [-0.39, 0.29) is 6.04 Å². The molecule has 0 aromatic heterocycles. The number of halogens is 2. The molecule has 0 amide bonds. The molecular weight excluding hydrogens is 357 g/mol. The molecule has 2 aliphatic rings. The first-order chi connectivity index (χ1) is 11.4. The van der Waals surface area contributed by atoms with Crippen LogP contribution in [0.5, 0.6) is 0 Å². The van der Waals surface area contributed by atoms with Gasteiger partial charge in [0.15, 0.2) is 12.5 Å². The molecule has 7 nitrogen and oxygen atoms in total. The molecule has 1 unspecified atom stereocenters. The average Bonchev–Trinajstić information content (AvgIpc) is 2.96. The van der Waals surface area contributed by atoms with E-state index in [0.717, 1.165) is 0 Å². The van der Waals surface area contributed by atoms with Gasteiger partial charge in [0, 0.05) is 17.8 Å². The maximum Gasteiger partial charge on any atom is 0.175 e. The highest BCUT2D eigenvalue weighted by Gasteiger charge is 2.51. The van der Waals surface area contributed by atoms with Crippen molar-refractivity contribution in [2.75, 3.05) is 15.9 Å². The van der Waals surface area contributed by atoms with E-state index in [1.54, 1.807) is 17.0 Å². The number of benzene rings is 1. The van der Waals surface area contributed by atoms with Gasteiger partial charge in [-0.1, -0.05) is 17.7 Å². The number of fused-ring (bicyclic) bond motifs is 1. The van der Waals surface area contributed by atoms with E-state index >= 15 is 0 Å². The van der Waals surface area contributed by atoms with Crippen molar-refractivity contribution >= 4 is 34.8 Å². The molecule has 2 heterocycles. The molecule has 0 spiro atoms. The van der Waals surface area contributed by atoms with Crippen molar-refractivity contribution in [3.05, 3.63) is 23.2 Å². The molecule has 1 fully saturated rings. The van der Waals surface area contributed by atoms with Crippen LogP contribution in [0.3, 0.4) is 0 Å². The number of para-hydroxylation sites is 1. The zero-order valence-corrected chi connectivity index (χ0v) is 14.8. The van der Waals surface area contributed by atoms with E-state index in [9.17, 15) is 15.3 Å². The Morgan fingerprint density at radius 2 is 2.00 bits per heavy atom. The van der Waals surface area contributed by atoms with E-state index in [1.165, 1.54) is 4.42 Å². The Kier molecular flexibility index (Phi) is 5.13. The van der Waals surface area contributed by atoms with Crippen LogP contribution < -0.4 is 14.6 Å². The van der Waals surface area contributed by atoms with E-state index in [4.69, 9.17) is 28.1 Å². The Morgan fingerprint density at radius 1 is 1.29 bits per heavy atom. The first kappa shape index (κ1) is 18.0. The van der Waals surface area contributed by atoms with Gasteiger partial charge in [0.2, 0.25) is 0 Å². The van der Waals surface area contributed by atoms with Crippen molar-refractivity contribution < 1.29 is 20.1 Å². The quantitative estimate of drug-likeness (QED) is 0.578. The fourth-order valence-corrected chi connectivity index (χ4v) is 3.75. The molecule has 1 saturated heterocycles. The molecular formula is C15H21Cl2N3O4. The van der Waals surface area contributed by atoms with Crippen LogP contribution in [-0.4, -0.2) is 58.8 Å². The standard InChI is InChI=1S/C15H21Cl2N3O4/c1-7(2)18-15-19(14-13(23)12(22)10(6-21)24-14)9-5-3-4-8(16)11(9)20(15)17/h3-5,7,10,12-15,18,21-23H,6H2,1-2H3/t10-,12-,13-,14-,15?/m0/s1. The number of aliphatic hydroxyl groups excluding tert-OH is 3. The molecule has 2 aliphatic heterocycles. The summed E-state index contributed by atoms with van der Waals surface area (Å²) in [5.41, 5.74) is 1.27. The maximum absolute atomic E-state index is 10.4. The number of hydrogen-bond acceptors (Lipinski definition) is 7. The zero-order valence-electron chi connectivity index (χ0n) is 13.3. The molecule has 134 valence electrons. The van der Waals surface area contributed by atoms with Crippen molar-refractivity contribution in [1.82, 2.24) is 5.32 Å². The van der Waals surface area contributed by atoms with E-state index in [0.29, 0.717) is 16.4 Å². The van der Waals surface area contributed by atoms with Crippen LogP contribution in [0.15, 0.2) is 18.2 Å². The number of aliphatic hydroxyl groups is 3. The molecule has 24 heavy (non-hydrogen) atoms. The topological polar surface area (TPSA) is 88.4 Å². The number of anilines is 2. The van der Waals surface area contributed by atoms with Crippen LogP contribution in [-0.2, 0) is 4.74 Å². The summed E-state index contributed by atoms with van der Waals surface area (Å²) in [5.74, 6) is 0. The van der Waals surface area contributed by atoms with Gasteiger partial charge in [0.05, 0.1) is 23.0 Å². The Balaban J connectivity index is 2.02. The van der Waals surface area contributed by atoms with Gasteiger partial charge in [-0.3, -0.25) is 5.32 Å². The van der Waals surface area contributed by atoms with E-state index in [2.05, 4.69) is 5.32 Å². The van der Waals surface area contributed by atoms with Gasteiger partial charge in [-0.15, -0.1) is 0 Å². The van der Waals surface area contributed by atoms with Crippen LogP contribution in [0.25, 0.3) is 0 Å². The molecule has 1 aromatic rings. The highest BCUT2D eigenvalue weighted by molar-refractivity contribution is 6.38. The fourth-order valence-electron chi connectivity index (χ4n) is 3.12. The Morgan fingerprint density at radius 3 is 2.58 bits per heavy atom. The normalized spacial score (nSPS) is 32.8. The van der Waals surface area contributed by atoms with Crippen molar-refractivity contribution in [3.8, 4) is 0 Å². The second kappa shape index (κ2) is 6.84. The average molecular weight is 378 g/mol. The van der Waals surface area contributed by atoms with Gasteiger partial charge in [-0.25, -0.2) is 4.42 Å². The zero-order chi connectivity index (χ0) is 17.6. The lowest BCUT2D eigenvalue weighted by molar-refractivity contribution is -0.0248. The van der Waals surface area contributed by atoms with Gasteiger partial charge in [0.1, 0.15) is 18.3 Å². The first-order valence-electron chi connectivity index (χ1n) is 7.77. The number of nitrogens with one attached hydrogen (secondary N) is 1. The van der Waals surface area contributed by atoms with Gasteiger partial charge in [0.25, 0.3) is 0 Å². The minimum atomic E-state index is -1.20. The predicted octanol–water partition coefficient (Wildman–Crippen LogP) is 0.841. The summed E-state index contributed by atoms with van der Waals surface area (Å²) < 4.78 is 7.13. The number of hydrogen-bond donors (Lipinski definition) is 4. The minimum Gasteiger partial charge on any atom is -0.394 e. The number of rotatable bonds is 4. The first-order valence-corrected chi connectivity index (χ1v) is 8.48. The lowest BCUT2D eigenvalue weighted by Gasteiger charge is -2.36. The van der Waals surface area contributed by atoms with Crippen molar-refractivity contribution in [1.29, 1.82) is 0 Å². The summed E-state index contributed by atoms with van der Waals surface area (Å²) in [4.78, 5) is 1.73. The third-order valence-electron chi connectivity index (χ3n) is 4.21. The fraction of sp³-hybridized carbons (Fsp3) is 0.600. The molecule has 4 N–H and O–H groups in total. The second-order valence-electron chi connectivity index (χ2n) is 6.25. The smallest absolute Gasteiger partial charge is 0.175 e. The Bertz CT molecular complexity index is 606. The molecule has 3 rings (SSSR count). The van der Waals surface area contributed by atoms with Crippen molar-refractivity contribution in [3.63, 3.8) is 0 Å². The molecule has 0 aliphatic carbocycles. The molecule has 0 radical (unpaired) electrons. The van der Waals surface area contributed by atoms with E-state index < -0.39 is 37.4 Å². The van der Waals surface area contributed by atoms with Crippen LogP contribution in [0, 0.1) is 0 Å². The van der Waals surface area contributed by atoms with Gasteiger partial charge in [-0.2, -0.15) is 0 Å². The van der Waals surface area contributed by atoms with Gasteiger partial charge < -0.3 is 25.0 Å². The van der Waals surface area contributed by atoms with Gasteiger partial charge >= 0.3 is 0 Å². The van der Waals surface area contributed by atoms with Crippen LogP contribution in [0.4, 0.5) is 11.4 Å². The number of ether oxygens (including phenoxy) is 1. The van der Waals surface area contributed by atoms with E-state index in [1.807, 2.05) is 19.9 Å². The van der Waals surface area contributed by atoms with Crippen LogP contribution >= 0.6 is 23.4 Å².